The second-order valence-corrected chi connectivity index (χ2v) is 4.88. The predicted octanol–water partition coefficient (Wildman–Crippen LogP) is 0.00480. The van der Waals surface area contributed by atoms with Crippen molar-refractivity contribution in [3.05, 3.63) is 0 Å². The molecular formula is C8H14O4Si. The van der Waals surface area contributed by atoms with E-state index in [0.717, 1.165) is 18.9 Å². The summed E-state index contributed by atoms with van der Waals surface area (Å²) in [6.45, 7) is 0. The van der Waals surface area contributed by atoms with Crippen molar-refractivity contribution in [1.82, 2.24) is 0 Å². The molecule has 0 N–H and O–H groups in total. The Kier molecular flexibility index (Phi) is 4.11. The number of carbonyl (C=O) groups is 2. The molecule has 1 rings (SSSR count). The van der Waals surface area contributed by atoms with Gasteiger partial charge in [-0.3, -0.25) is 9.59 Å². The average Bonchev–Trinajstić information content (AvgIpc) is 2.39. The van der Waals surface area contributed by atoms with Crippen molar-refractivity contribution in [3.8, 4) is 0 Å². The fourth-order valence-corrected chi connectivity index (χ4v) is 2.16. The molecule has 0 aromatic heterocycles. The van der Waals surface area contributed by atoms with E-state index >= 15 is 0 Å². The molecule has 0 aromatic carbocycles. The van der Waals surface area contributed by atoms with Crippen LogP contribution in [0.4, 0.5) is 0 Å². The van der Waals surface area contributed by atoms with E-state index in [1.54, 1.807) is 7.11 Å². The van der Waals surface area contributed by atoms with Crippen molar-refractivity contribution in [3.63, 3.8) is 0 Å². The molecule has 1 saturated heterocycles. The monoisotopic (exact) mass is 202 g/mol. The van der Waals surface area contributed by atoms with Gasteiger partial charge in [-0.1, -0.05) is 6.42 Å². The summed E-state index contributed by atoms with van der Waals surface area (Å²) in [5, 5.41) is 0. The van der Waals surface area contributed by atoms with Crippen molar-refractivity contribution in [2.24, 2.45) is 5.92 Å². The number of cyclic esters (lactones) is 2. The first-order valence-corrected chi connectivity index (χ1v) is 6.05. The minimum absolute atomic E-state index is 0.182. The molecule has 13 heavy (non-hydrogen) atoms. The molecule has 1 aliphatic heterocycles. The number of ether oxygens (including phenoxy) is 1. The summed E-state index contributed by atoms with van der Waals surface area (Å²) in [7, 11) is 1.32. The predicted molar refractivity (Wildman–Crippen MR) is 48.8 cm³/mol. The van der Waals surface area contributed by atoms with Gasteiger partial charge in [0.15, 0.2) is 9.76 Å². The highest BCUT2D eigenvalue weighted by molar-refractivity contribution is 6.26. The Morgan fingerprint density at radius 1 is 1.62 bits per heavy atom. The molecule has 0 aliphatic carbocycles. The minimum Gasteiger partial charge on any atom is -0.427 e. The summed E-state index contributed by atoms with van der Waals surface area (Å²) in [6, 6.07) is 1.06. The van der Waals surface area contributed by atoms with E-state index in [1.807, 2.05) is 0 Å². The van der Waals surface area contributed by atoms with Gasteiger partial charge in [-0.05, 0) is 12.5 Å². The van der Waals surface area contributed by atoms with Crippen LogP contribution in [0.3, 0.4) is 0 Å². The Hall–Kier alpha value is -0.683. The molecule has 0 saturated carbocycles. The van der Waals surface area contributed by atoms with Gasteiger partial charge in [-0.2, -0.15) is 0 Å². The largest absolute Gasteiger partial charge is 0.427 e. The number of esters is 2. The van der Waals surface area contributed by atoms with Gasteiger partial charge in [0.25, 0.3) is 0 Å². The fourth-order valence-electron chi connectivity index (χ4n) is 1.38. The Balaban J connectivity index is 2.14. The molecule has 1 heterocycles. The highest BCUT2D eigenvalue weighted by Crippen LogP contribution is 2.21. The fraction of sp³-hybridized carbons (Fsp3) is 0.750. The molecule has 0 radical (unpaired) electrons. The van der Waals surface area contributed by atoms with E-state index in [4.69, 9.17) is 4.43 Å². The lowest BCUT2D eigenvalue weighted by molar-refractivity contribution is -0.153. The number of hydrogen-bond donors (Lipinski definition) is 0. The Labute approximate surface area is 79.5 Å². The average molecular weight is 202 g/mol. The number of carbonyl (C=O) groups excluding carboxylic acids is 2. The maximum absolute atomic E-state index is 11.0. The molecule has 0 amide bonds. The van der Waals surface area contributed by atoms with Crippen molar-refractivity contribution < 1.29 is 18.8 Å². The van der Waals surface area contributed by atoms with Gasteiger partial charge in [-0.15, -0.1) is 0 Å². The van der Waals surface area contributed by atoms with Gasteiger partial charge in [0.05, 0.1) is 12.3 Å². The molecular weight excluding hydrogens is 188 g/mol. The molecule has 1 aliphatic rings. The molecule has 1 fully saturated rings. The summed E-state index contributed by atoms with van der Waals surface area (Å²) in [6.07, 6.45) is 2.00. The highest BCUT2D eigenvalue weighted by atomic mass is 28.2. The topological polar surface area (TPSA) is 52.6 Å². The van der Waals surface area contributed by atoms with Crippen LogP contribution in [0.25, 0.3) is 0 Å². The van der Waals surface area contributed by atoms with Crippen molar-refractivity contribution in [1.29, 1.82) is 0 Å². The second kappa shape index (κ2) is 5.13. The summed E-state index contributed by atoms with van der Waals surface area (Å²) >= 11 is 0. The lowest BCUT2D eigenvalue weighted by Gasteiger charge is -2.02. The van der Waals surface area contributed by atoms with Gasteiger partial charge in [0.2, 0.25) is 0 Å². The van der Waals surface area contributed by atoms with Crippen LogP contribution < -0.4 is 0 Å². The second-order valence-electron chi connectivity index (χ2n) is 3.18. The molecule has 74 valence electrons. The lowest BCUT2D eigenvalue weighted by atomic mass is 10.0. The molecule has 1 atom stereocenters. The van der Waals surface area contributed by atoms with E-state index in [0.29, 0.717) is 0 Å². The Bertz CT molecular complexity index is 204. The lowest BCUT2D eigenvalue weighted by Crippen LogP contribution is -2.07. The first-order valence-electron chi connectivity index (χ1n) is 4.47. The summed E-state index contributed by atoms with van der Waals surface area (Å²) in [4.78, 5) is 21.7. The SMILES string of the molecule is CO[SiH2]CCCC1CC(=O)OC1=O. The van der Waals surface area contributed by atoms with E-state index in [2.05, 4.69) is 4.74 Å². The van der Waals surface area contributed by atoms with Crippen molar-refractivity contribution in [2.45, 2.75) is 25.3 Å². The summed E-state index contributed by atoms with van der Waals surface area (Å²) < 4.78 is 9.44. The first kappa shape index (κ1) is 10.4. The van der Waals surface area contributed by atoms with Crippen LogP contribution >= 0.6 is 0 Å². The van der Waals surface area contributed by atoms with E-state index in [9.17, 15) is 9.59 Å². The third kappa shape index (κ3) is 3.28. The van der Waals surface area contributed by atoms with Crippen molar-refractivity contribution >= 4 is 21.7 Å². The summed E-state index contributed by atoms with van der Waals surface area (Å²) in [5.74, 6) is -0.901. The molecule has 4 nitrogen and oxygen atoms in total. The summed E-state index contributed by atoms with van der Waals surface area (Å²) in [5.41, 5.74) is 0. The molecule has 0 spiro atoms. The maximum Gasteiger partial charge on any atom is 0.317 e. The standard InChI is InChI=1S/C8H14O4Si/c1-11-13-4-2-3-6-5-7(9)12-8(6)10/h6H,2-5,13H2,1H3. The van der Waals surface area contributed by atoms with Crippen LogP contribution in [-0.4, -0.2) is 28.8 Å². The van der Waals surface area contributed by atoms with E-state index < -0.39 is 0 Å². The van der Waals surface area contributed by atoms with Gasteiger partial charge >= 0.3 is 11.9 Å². The maximum atomic E-state index is 11.0. The third-order valence-electron chi connectivity index (χ3n) is 2.11. The zero-order chi connectivity index (χ0) is 9.68. The molecule has 1 unspecified atom stereocenters. The number of rotatable bonds is 5. The van der Waals surface area contributed by atoms with E-state index in [-0.39, 0.29) is 34.0 Å². The van der Waals surface area contributed by atoms with Gasteiger partial charge in [-0.25, -0.2) is 0 Å². The van der Waals surface area contributed by atoms with Gasteiger partial charge in [0, 0.05) is 7.11 Å². The zero-order valence-corrected chi connectivity index (χ0v) is 9.16. The third-order valence-corrected chi connectivity index (χ3v) is 3.31. The van der Waals surface area contributed by atoms with Crippen molar-refractivity contribution in [2.75, 3.05) is 7.11 Å². The molecule has 0 aromatic rings. The quantitative estimate of drug-likeness (QED) is 0.273. The van der Waals surface area contributed by atoms with Crippen LogP contribution in [0.15, 0.2) is 0 Å². The number of hydrogen-bond acceptors (Lipinski definition) is 4. The highest BCUT2D eigenvalue weighted by Gasteiger charge is 2.32. The minimum atomic E-state index is -0.383. The normalized spacial score (nSPS) is 23.0. The van der Waals surface area contributed by atoms with Crippen LogP contribution in [-0.2, 0) is 18.8 Å². The van der Waals surface area contributed by atoms with Gasteiger partial charge in [0.1, 0.15) is 0 Å². The smallest absolute Gasteiger partial charge is 0.317 e. The van der Waals surface area contributed by atoms with Crippen LogP contribution in [0.1, 0.15) is 19.3 Å². The van der Waals surface area contributed by atoms with Gasteiger partial charge < -0.3 is 9.16 Å². The van der Waals surface area contributed by atoms with Crippen LogP contribution in [0, 0.1) is 5.92 Å². The first-order chi connectivity index (χ1) is 6.24. The van der Waals surface area contributed by atoms with E-state index in [1.165, 1.54) is 0 Å². The zero-order valence-electron chi connectivity index (χ0n) is 7.75. The molecule has 5 heteroatoms. The van der Waals surface area contributed by atoms with Crippen LogP contribution in [0.2, 0.25) is 6.04 Å². The Morgan fingerprint density at radius 3 is 2.92 bits per heavy atom. The molecule has 0 bridgehead atoms. The Morgan fingerprint density at radius 2 is 2.38 bits per heavy atom. The van der Waals surface area contributed by atoms with Crippen LogP contribution in [0.5, 0.6) is 0 Å².